The zero-order chi connectivity index (χ0) is 18.8. The average molecular weight is 374 g/mol. The van der Waals surface area contributed by atoms with Crippen LogP contribution in [-0.2, 0) is 0 Å². The Labute approximate surface area is 165 Å². The maximum absolute atomic E-state index is 13.6. The Balaban J connectivity index is 1.53. The van der Waals surface area contributed by atoms with Crippen LogP contribution in [0.25, 0.3) is 0 Å². The first-order valence-electron chi connectivity index (χ1n) is 10.6. The van der Waals surface area contributed by atoms with Gasteiger partial charge < -0.3 is 0 Å². The van der Waals surface area contributed by atoms with Crippen molar-refractivity contribution in [2.75, 3.05) is 0 Å². The third kappa shape index (κ3) is 2.33. The van der Waals surface area contributed by atoms with Gasteiger partial charge in [0.2, 0.25) is 0 Å². The molecular weight excluding hydrogens is 350 g/mol. The molecule has 0 amide bonds. The second-order valence-electron chi connectivity index (χ2n) is 9.07. The van der Waals surface area contributed by atoms with E-state index >= 15 is 0 Å². The van der Waals surface area contributed by atoms with Gasteiger partial charge in [0.1, 0.15) is 11.6 Å². The van der Waals surface area contributed by atoms with Crippen molar-refractivity contribution in [1.82, 2.24) is 0 Å². The first-order chi connectivity index (χ1) is 13.7. The molecule has 0 saturated heterocycles. The summed E-state index contributed by atoms with van der Waals surface area (Å²) in [6.07, 6.45) is 9.63. The summed E-state index contributed by atoms with van der Waals surface area (Å²) in [6, 6.07) is 14.5. The highest BCUT2D eigenvalue weighted by molar-refractivity contribution is 5.47. The Morgan fingerprint density at radius 3 is 1.46 bits per heavy atom. The maximum atomic E-state index is 13.6. The van der Waals surface area contributed by atoms with Crippen LogP contribution in [0.4, 0.5) is 8.78 Å². The summed E-state index contributed by atoms with van der Waals surface area (Å²) in [7, 11) is 0. The van der Waals surface area contributed by atoms with Gasteiger partial charge in [-0.15, -0.1) is 0 Å². The molecule has 0 radical (unpaired) electrons. The Morgan fingerprint density at radius 2 is 1.04 bits per heavy atom. The van der Waals surface area contributed by atoms with Gasteiger partial charge in [-0.25, -0.2) is 8.78 Å². The predicted molar refractivity (Wildman–Crippen MR) is 107 cm³/mol. The Bertz CT molecular complexity index is 889. The lowest BCUT2D eigenvalue weighted by Crippen LogP contribution is -2.36. The lowest BCUT2D eigenvalue weighted by Gasteiger charge is -2.46. The van der Waals surface area contributed by atoms with Crippen LogP contribution < -0.4 is 0 Å². The lowest BCUT2D eigenvalue weighted by atomic mass is 9.58. The SMILES string of the molecule is Fc1ccc([C@H]2C3=C(CCC3)[C@@H](c3ccc(F)cc3)[C@H]3[C@@H]2[C@@H]2C=C[C@H]3C2)cc1. The molecule has 2 bridgehead atoms. The maximum Gasteiger partial charge on any atom is 0.123 e. The molecule has 0 spiro atoms. The predicted octanol–water partition coefficient (Wildman–Crippen LogP) is 6.76. The fourth-order valence-corrected chi connectivity index (χ4v) is 6.99. The van der Waals surface area contributed by atoms with E-state index in [1.54, 1.807) is 35.4 Å². The van der Waals surface area contributed by atoms with Crippen LogP contribution in [0.15, 0.2) is 71.8 Å². The zero-order valence-electron chi connectivity index (χ0n) is 15.8. The quantitative estimate of drug-likeness (QED) is 0.509. The number of fused-ring (bicyclic) bond motifs is 5. The first kappa shape index (κ1) is 16.7. The Hall–Kier alpha value is -2.22. The third-order valence-electron chi connectivity index (χ3n) is 7.87. The number of hydrogen-bond acceptors (Lipinski definition) is 0. The second-order valence-corrected chi connectivity index (χ2v) is 9.07. The van der Waals surface area contributed by atoms with E-state index in [1.807, 2.05) is 24.3 Å². The molecule has 0 unspecified atom stereocenters. The van der Waals surface area contributed by atoms with E-state index in [0.717, 1.165) is 12.8 Å². The summed E-state index contributed by atoms with van der Waals surface area (Å²) in [5.41, 5.74) is 5.76. The van der Waals surface area contributed by atoms with Crippen molar-refractivity contribution in [3.05, 3.63) is 94.6 Å². The molecule has 0 aromatic heterocycles. The van der Waals surface area contributed by atoms with Gasteiger partial charge in [0.25, 0.3) is 0 Å². The molecule has 2 aromatic carbocycles. The molecule has 6 rings (SSSR count). The topological polar surface area (TPSA) is 0 Å². The van der Waals surface area contributed by atoms with Crippen molar-refractivity contribution in [1.29, 1.82) is 0 Å². The van der Waals surface area contributed by atoms with Gasteiger partial charge >= 0.3 is 0 Å². The number of rotatable bonds is 2. The molecule has 4 aliphatic rings. The standard InChI is InChI=1S/C26H24F2/c27-19-10-6-15(7-11-19)23-21-2-1-3-22(21)24(16-8-12-20(28)13-9-16)26-18-5-4-17(14-18)25(23)26/h4-13,17-18,23-26H,1-3,14H2/t17-,18+,23+,24-,25-,26+. The van der Waals surface area contributed by atoms with Crippen LogP contribution in [0.2, 0.25) is 0 Å². The smallest absolute Gasteiger partial charge is 0.123 e. The van der Waals surface area contributed by atoms with E-state index in [0.29, 0.717) is 35.5 Å². The molecule has 0 nitrogen and oxygen atoms in total. The Kier molecular flexibility index (Phi) is 3.66. The van der Waals surface area contributed by atoms with Crippen molar-refractivity contribution in [3.63, 3.8) is 0 Å². The molecule has 1 fully saturated rings. The molecule has 0 N–H and O–H groups in total. The van der Waals surface area contributed by atoms with E-state index in [-0.39, 0.29) is 11.6 Å². The van der Waals surface area contributed by atoms with Gasteiger partial charge in [-0.3, -0.25) is 0 Å². The van der Waals surface area contributed by atoms with Gasteiger partial charge in [0.15, 0.2) is 0 Å². The van der Waals surface area contributed by atoms with Crippen LogP contribution in [0.1, 0.15) is 48.6 Å². The van der Waals surface area contributed by atoms with E-state index < -0.39 is 0 Å². The number of benzene rings is 2. The molecular formula is C26H24F2. The van der Waals surface area contributed by atoms with Crippen molar-refractivity contribution in [2.24, 2.45) is 23.7 Å². The van der Waals surface area contributed by atoms with Crippen molar-refractivity contribution >= 4 is 0 Å². The van der Waals surface area contributed by atoms with Crippen LogP contribution in [0, 0.1) is 35.3 Å². The average Bonchev–Trinajstić information content (AvgIpc) is 3.44. The number of allylic oxidation sites excluding steroid dienone is 4. The molecule has 4 aliphatic carbocycles. The molecule has 28 heavy (non-hydrogen) atoms. The minimum Gasteiger partial charge on any atom is -0.207 e. The fourth-order valence-electron chi connectivity index (χ4n) is 6.99. The highest BCUT2D eigenvalue weighted by atomic mass is 19.1. The lowest BCUT2D eigenvalue weighted by molar-refractivity contribution is 0.230. The highest BCUT2D eigenvalue weighted by Crippen LogP contribution is 2.66. The van der Waals surface area contributed by atoms with E-state index in [1.165, 1.54) is 24.0 Å². The molecule has 0 aliphatic heterocycles. The summed E-state index contributed by atoms with van der Waals surface area (Å²) in [5, 5.41) is 0. The first-order valence-corrected chi connectivity index (χ1v) is 10.6. The van der Waals surface area contributed by atoms with Crippen LogP contribution in [-0.4, -0.2) is 0 Å². The van der Waals surface area contributed by atoms with Gasteiger partial charge in [0, 0.05) is 11.8 Å². The van der Waals surface area contributed by atoms with E-state index in [4.69, 9.17) is 0 Å². The normalized spacial score (nSPS) is 35.4. The summed E-state index contributed by atoms with van der Waals surface area (Å²) in [4.78, 5) is 0. The minimum absolute atomic E-state index is 0.159. The zero-order valence-corrected chi connectivity index (χ0v) is 15.8. The highest BCUT2D eigenvalue weighted by Gasteiger charge is 2.56. The third-order valence-corrected chi connectivity index (χ3v) is 7.87. The summed E-state index contributed by atoms with van der Waals surface area (Å²) in [5.74, 6) is 2.90. The van der Waals surface area contributed by atoms with Gasteiger partial charge in [-0.2, -0.15) is 0 Å². The van der Waals surface area contributed by atoms with Crippen molar-refractivity contribution < 1.29 is 8.78 Å². The van der Waals surface area contributed by atoms with E-state index in [9.17, 15) is 8.78 Å². The minimum atomic E-state index is -0.159. The molecule has 0 heterocycles. The Morgan fingerprint density at radius 1 is 0.607 bits per heavy atom. The molecule has 1 saturated carbocycles. The van der Waals surface area contributed by atoms with Crippen LogP contribution in [0.5, 0.6) is 0 Å². The van der Waals surface area contributed by atoms with E-state index in [2.05, 4.69) is 12.2 Å². The van der Waals surface area contributed by atoms with Gasteiger partial charge in [-0.05, 0) is 84.7 Å². The summed E-state index contributed by atoms with van der Waals surface area (Å²) < 4.78 is 27.2. The van der Waals surface area contributed by atoms with Gasteiger partial charge in [0.05, 0.1) is 0 Å². The molecule has 6 atom stereocenters. The van der Waals surface area contributed by atoms with Crippen molar-refractivity contribution in [3.8, 4) is 0 Å². The molecule has 2 heteroatoms. The fraction of sp³-hybridized carbons (Fsp3) is 0.385. The summed E-state index contributed by atoms with van der Waals surface area (Å²) >= 11 is 0. The van der Waals surface area contributed by atoms with Crippen LogP contribution in [0.3, 0.4) is 0 Å². The van der Waals surface area contributed by atoms with Gasteiger partial charge in [-0.1, -0.05) is 47.6 Å². The number of halogens is 2. The van der Waals surface area contributed by atoms with Crippen molar-refractivity contribution in [2.45, 2.75) is 37.5 Å². The molecule has 142 valence electrons. The van der Waals surface area contributed by atoms with Crippen LogP contribution >= 0.6 is 0 Å². The number of hydrogen-bond donors (Lipinski definition) is 0. The second kappa shape index (κ2) is 6.14. The largest absolute Gasteiger partial charge is 0.207 e. The monoisotopic (exact) mass is 374 g/mol. The molecule has 2 aromatic rings. The summed E-state index contributed by atoms with van der Waals surface area (Å²) in [6.45, 7) is 0.